The highest BCUT2D eigenvalue weighted by atomic mass is 16.2. The van der Waals surface area contributed by atoms with E-state index in [0.29, 0.717) is 45.4 Å². The highest BCUT2D eigenvalue weighted by Crippen LogP contribution is 2.17. The van der Waals surface area contributed by atoms with Gasteiger partial charge in [-0.1, -0.05) is 12.1 Å². The quantitative estimate of drug-likeness (QED) is 0.881. The molecule has 1 N–H and O–H groups in total. The molecule has 2 aliphatic rings. The summed E-state index contributed by atoms with van der Waals surface area (Å²) in [4.78, 5) is 40.0. The molecule has 0 aromatic heterocycles. The van der Waals surface area contributed by atoms with Crippen LogP contribution in [-0.4, -0.2) is 59.7 Å². The van der Waals surface area contributed by atoms with Crippen LogP contribution >= 0.6 is 0 Å². The van der Waals surface area contributed by atoms with Crippen molar-refractivity contribution in [2.45, 2.75) is 46.1 Å². The molecule has 0 aliphatic carbocycles. The van der Waals surface area contributed by atoms with E-state index in [9.17, 15) is 14.4 Å². The summed E-state index contributed by atoms with van der Waals surface area (Å²) < 4.78 is 0. The van der Waals surface area contributed by atoms with E-state index < -0.39 is 0 Å². The Morgan fingerprint density at radius 2 is 1.62 bits per heavy atom. The zero-order valence-corrected chi connectivity index (χ0v) is 15.8. The maximum Gasteiger partial charge on any atom is 0.245 e. The Morgan fingerprint density at radius 1 is 1.00 bits per heavy atom. The van der Waals surface area contributed by atoms with Crippen LogP contribution < -0.4 is 5.32 Å². The minimum atomic E-state index is -0.386. The number of hydrogen-bond acceptors (Lipinski definition) is 3. The first-order valence-corrected chi connectivity index (χ1v) is 9.28. The normalized spacial score (nSPS) is 20.3. The zero-order valence-electron chi connectivity index (χ0n) is 15.8. The van der Waals surface area contributed by atoms with Gasteiger partial charge in [-0.15, -0.1) is 0 Å². The first-order chi connectivity index (χ1) is 12.3. The predicted molar refractivity (Wildman–Crippen MR) is 98.7 cm³/mol. The van der Waals surface area contributed by atoms with Gasteiger partial charge in [0.1, 0.15) is 6.04 Å². The predicted octanol–water partition coefficient (Wildman–Crippen LogP) is 1.10. The van der Waals surface area contributed by atoms with Crippen LogP contribution in [0.25, 0.3) is 0 Å². The van der Waals surface area contributed by atoms with Crippen LogP contribution in [0.3, 0.4) is 0 Å². The number of nitrogens with zero attached hydrogens (tertiary/aromatic N) is 2. The fourth-order valence-electron chi connectivity index (χ4n) is 3.68. The summed E-state index contributed by atoms with van der Waals surface area (Å²) in [6.07, 6.45) is 1.40. The summed E-state index contributed by atoms with van der Waals surface area (Å²) in [7, 11) is 0. The van der Waals surface area contributed by atoms with Crippen molar-refractivity contribution in [3.8, 4) is 0 Å². The van der Waals surface area contributed by atoms with E-state index >= 15 is 0 Å². The van der Waals surface area contributed by atoms with Crippen molar-refractivity contribution in [3.63, 3.8) is 0 Å². The zero-order chi connectivity index (χ0) is 18.8. The van der Waals surface area contributed by atoms with Crippen molar-refractivity contribution in [3.05, 3.63) is 34.4 Å². The standard InChI is InChI=1S/C20H27N3O3/c1-13-10-15(3)16(11-14(13)2)12-19(25)22-6-8-23(9-7-22)20(26)17-4-5-18(24)21-17/h10-11,17H,4-9,12H2,1-3H3,(H,21,24). The Kier molecular flexibility index (Phi) is 5.30. The van der Waals surface area contributed by atoms with Gasteiger partial charge in [-0.3, -0.25) is 14.4 Å². The van der Waals surface area contributed by atoms with Gasteiger partial charge in [0.2, 0.25) is 17.7 Å². The van der Waals surface area contributed by atoms with E-state index in [0.717, 1.165) is 11.1 Å². The van der Waals surface area contributed by atoms with Crippen LogP contribution in [0.15, 0.2) is 12.1 Å². The second kappa shape index (κ2) is 7.48. The average Bonchev–Trinajstić information content (AvgIpc) is 3.05. The Balaban J connectivity index is 1.54. The Labute approximate surface area is 154 Å². The topological polar surface area (TPSA) is 69.7 Å². The molecule has 1 aromatic rings. The summed E-state index contributed by atoms with van der Waals surface area (Å²) in [5, 5.41) is 2.72. The number of amides is 3. The van der Waals surface area contributed by atoms with Gasteiger partial charge in [0.05, 0.1) is 6.42 Å². The number of carbonyl (C=O) groups excluding carboxylic acids is 3. The van der Waals surface area contributed by atoms with Crippen LogP contribution in [-0.2, 0) is 20.8 Å². The largest absolute Gasteiger partial charge is 0.344 e. The van der Waals surface area contributed by atoms with E-state index in [1.165, 1.54) is 11.1 Å². The van der Waals surface area contributed by atoms with Gasteiger partial charge in [0.15, 0.2) is 0 Å². The number of aryl methyl sites for hydroxylation is 3. The van der Waals surface area contributed by atoms with E-state index in [4.69, 9.17) is 0 Å². The molecule has 2 saturated heterocycles. The van der Waals surface area contributed by atoms with Gasteiger partial charge in [-0.2, -0.15) is 0 Å². The molecule has 6 nitrogen and oxygen atoms in total. The summed E-state index contributed by atoms with van der Waals surface area (Å²) in [6.45, 7) is 8.35. The highest BCUT2D eigenvalue weighted by molar-refractivity contribution is 5.91. The van der Waals surface area contributed by atoms with E-state index in [2.05, 4.69) is 31.3 Å². The Hall–Kier alpha value is -2.37. The van der Waals surface area contributed by atoms with Gasteiger partial charge in [-0.05, 0) is 49.4 Å². The Bertz CT molecular complexity index is 736. The molecule has 1 unspecified atom stereocenters. The van der Waals surface area contributed by atoms with E-state index in [1.807, 2.05) is 11.8 Å². The van der Waals surface area contributed by atoms with Crippen molar-refractivity contribution in [2.24, 2.45) is 0 Å². The van der Waals surface area contributed by atoms with E-state index in [1.54, 1.807) is 4.90 Å². The lowest BCUT2D eigenvalue weighted by Gasteiger charge is -2.36. The molecule has 3 rings (SSSR count). The second-order valence-corrected chi connectivity index (χ2v) is 7.40. The molecule has 0 radical (unpaired) electrons. The van der Waals surface area contributed by atoms with Crippen molar-refractivity contribution in [1.29, 1.82) is 0 Å². The molecule has 26 heavy (non-hydrogen) atoms. The molecule has 140 valence electrons. The molecule has 2 fully saturated rings. The van der Waals surface area contributed by atoms with Gasteiger partial charge < -0.3 is 15.1 Å². The lowest BCUT2D eigenvalue weighted by atomic mass is 9.98. The Morgan fingerprint density at radius 3 is 2.23 bits per heavy atom. The van der Waals surface area contributed by atoms with Crippen molar-refractivity contribution in [1.82, 2.24) is 15.1 Å². The third-order valence-electron chi connectivity index (χ3n) is 5.53. The number of benzene rings is 1. The molecular formula is C20H27N3O3. The van der Waals surface area contributed by atoms with Crippen LogP contribution in [0.4, 0.5) is 0 Å². The highest BCUT2D eigenvalue weighted by Gasteiger charge is 2.33. The summed E-state index contributed by atoms with van der Waals surface area (Å²) in [6, 6.07) is 3.85. The lowest BCUT2D eigenvalue weighted by molar-refractivity contribution is -0.140. The molecule has 3 amide bonds. The summed E-state index contributed by atoms with van der Waals surface area (Å²) in [5.41, 5.74) is 4.66. The SMILES string of the molecule is Cc1cc(C)c(CC(=O)N2CCN(C(=O)C3CCC(=O)N3)CC2)cc1C. The molecule has 2 aliphatic heterocycles. The van der Waals surface area contributed by atoms with Crippen LogP contribution in [0.1, 0.15) is 35.1 Å². The summed E-state index contributed by atoms with van der Waals surface area (Å²) in [5.74, 6) is 0.0338. The first kappa shape index (κ1) is 18.4. The third-order valence-corrected chi connectivity index (χ3v) is 5.53. The van der Waals surface area contributed by atoms with Crippen LogP contribution in [0.2, 0.25) is 0 Å². The van der Waals surface area contributed by atoms with Crippen LogP contribution in [0.5, 0.6) is 0 Å². The summed E-state index contributed by atoms with van der Waals surface area (Å²) >= 11 is 0. The number of rotatable bonds is 3. The third kappa shape index (κ3) is 3.89. The molecule has 0 spiro atoms. The fraction of sp³-hybridized carbons (Fsp3) is 0.550. The van der Waals surface area contributed by atoms with E-state index in [-0.39, 0.29) is 23.8 Å². The molecule has 1 atom stereocenters. The lowest BCUT2D eigenvalue weighted by Crippen LogP contribution is -2.54. The number of hydrogen-bond donors (Lipinski definition) is 1. The second-order valence-electron chi connectivity index (χ2n) is 7.40. The van der Waals surface area contributed by atoms with Gasteiger partial charge in [-0.25, -0.2) is 0 Å². The van der Waals surface area contributed by atoms with Crippen molar-refractivity contribution in [2.75, 3.05) is 26.2 Å². The van der Waals surface area contributed by atoms with Crippen LogP contribution in [0, 0.1) is 20.8 Å². The molecule has 0 bridgehead atoms. The number of carbonyl (C=O) groups is 3. The molecule has 6 heteroatoms. The smallest absolute Gasteiger partial charge is 0.245 e. The molecule has 1 aromatic carbocycles. The minimum absolute atomic E-state index is 0.0204. The maximum absolute atomic E-state index is 12.7. The average molecular weight is 357 g/mol. The molecule has 0 saturated carbocycles. The van der Waals surface area contributed by atoms with Crippen molar-refractivity contribution >= 4 is 17.7 Å². The fourth-order valence-corrected chi connectivity index (χ4v) is 3.68. The van der Waals surface area contributed by atoms with Crippen molar-refractivity contribution < 1.29 is 14.4 Å². The first-order valence-electron chi connectivity index (χ1n) is 9.28. The number of piperazine rings is 1. The van der Waals surface area contributed by atoms with Gasteiger partial charge in [0, 0.05) is 32.6 Å². The monoisotopic (exact) mass is 357 g/mol. The van der Waals surface area contributed by atoms with Gasteiger partial charge in [0.25, 0.3) is 0 Å². The van der Waals surface area contributed by atoms with Gasteiger partial charge >= 0.3 is 0 Å². The molecule has 2 heterocycles. The number of nitrogens with one attached hydrogen (secondary N) is 1. The minimum Gasteiger partial charge on any atom is -0.344 e. The molecular weight excluding hydrogens is 330 g/mol. The maximum atomic E-state index is 12.7.